The van der Waals surface area contributed by atoms with E-state index < -0.39 is 24.2 Å². The molecular weight excluding hydrogens is 583 g/mol. The molecule has 0 spiro atoms. The van der Waals surface area contributed by atoms with Crippen LogP contribution in [0.5, 0.6) is 0 Å². The van der Waals surface area contributed by atoms with E-state index in [9.17, 15) is 11.0 Å². The third-order valence-corrected chi connectivity index (χ3v) is 8.63. The number of hydrogen-bond donors (Lipinski definition) is 0. The molecule has 226 valence electrons. The Labute approximate surface area is 291 Å². The summed E-state index contributed by atoms with van der Waals surface area (Å²) in [6.45, 7) is 0. The van der Waals surface area contributed by atoms with Crippen LogP contribution in [0.25, 0.3) is 66.1 Å². The molecule has 9 rings (SSSR count). The van der Waals surface area contributed by atoms with Crippen LogP contribution in [0.15, 0.2) is 192 Å². The first-order chi connectivity index (χ1) is 27.2. The van der Waals surface area contributed by atoms with Gasteiger partial charge in [-0.1, -0.05) is 145 Å². The Morgan fingerprint density at radius 2 is 0.875 bits per heavy atom. The molecule has 0 saturated carbocycles. The predicted molar refractivity (Wildman–Crippen MR) is 202 cm³/mol. The SMILES string of the molecule is [2H]c1c([2H])c(N(c2ccccc2-c2cccc3c2ccc2c4ccccc4oc32)c2c([2H])c([2H])c(-c3ccccc3)c([2H])c2[2H])c([2H])c([2H])c1-c1ccccc1. The monoisotopic (exact) mass is 621 g/mol. The van der Waals surface area contributed by atoms with Crippen molar-refractivity contribution in [3.8, 4) is 33.4 Å². The highest BCUT2D eigenvalue weighted by atomic mass is 16.3. The molecule has 1 heterocycles. The minimum atomic E-state index is -0.398. The molecule has 0 aliphatic rings. The second kappa shape index (κ2) is 11.8. The summed E-state index contributed by atoms with van der Waals surface area (Å²) in [7, 11) is 0. The summed E-state index contributed by atoms with van der Waals surface area (Å²) in [5.41, 5.74) is 3.98. The first-order valence-electron chi connectivity index (χ1n) is 19.7. The lowest BCUT2D eigenvalue weighted by Gasteiger charge is -2.28. The largest absolute Gasteiger partial charge is 0.455 e. The Hall–Kier alpha value is -6.38. The van der Waals surface area contributed by atoms with Gasteiger partial charge in [0.05, 0.1) is 16.7 Å². The Bertz CT molecular complexity index is 2850. The maximum atomic E-state index is 9.47. The summed E-state index contributed by atoms with van der Waals surface area (Å²) in [6.07, 6.45) is 0. The van der Waals surface area contributed by atoms with E-state index in [1.54, 1.807) is 72.8 Å². The second-order valence-electron chi connectivity index (χ2n) is 11.5. The highest BCUT2D eigenvalue weighted by molar-refractivity contribution is 6.17. The molecule has 2 heteroatoms. The average molecular weight is 622 g/mol. The van der Waals surface area contributed by atoms with E-state index in [0.29, 0.717) is 28.0 Å². The van der Waals surface area contributed by atoms with Crippen LogP contribution in [0.2, 0.25) is 0 Å². The Kier molecular flexibility index (Phi) is 5.07. The number of nitrogens with zero attached hydrogens (tertiary/aromatic N) is 1. The Morgan fingerprint density at radius 1 is 0.375 bits per heavy atom. The highest BCUT2D eigenvalue weighted by Crippen LogP contribution is 2.44. The summed E-state index contributed by atoms with van der Waals surface area (Å²) in [5.74, 6) is 0. The summed E-state index contributed by atoms with van der Waals surface area (Å²) >= 11 is 0. The fourth-order valence-electron chi connectivity index (χ4n) is 6.36. The third-order valence-electron chi connectivity index (χ3n) is 8.63. The second-order valence-corrected chi connectivity index (χ2v) is 11.5. The van der Waals surface area contributed by atoms with Crippen LogP contribution < -0.4 is 4.90 Å². The van der Waals surface area contributed by atoms with Crippen molar-refractivity contribution in [1.82, 2.24) is 0 Å². The lowest BCUT2D eigenvalue weighted by Crippen LogP contribution is -2.11. The number of benzene rings is 8. The molecule has 9 aromatic rings. The predicted octanol–water partition coefficient (Wildman–Crippen LogP) is 13.2. The summed E-state index contributed by atoms with van der Waals surface area (Å²) in [4.78, 5) is 1.37. The zero-order valence-corrected chi connectivity index (χ0v) is 25.6. The molecule has 0 N–H and O–H groups in total. The topological polar surface area (TPSA) is 16.4 Å². The fourth-order valence-corrected chi connectivity index (χ4v) is 6.36. The van der Waals surface area contributed by atoms with Gasteiger partial charge in [0.25, 0.3) is 0 Å². The molecule has 0 radical (unpaired) electrons. The van der Waals surface area contributed by atoms with Crippen molar-refractivity contribution < 1.29 is 15.4 Å². The molecule has 48 heavy (non-hydrogen) atoms. The highest BCUT2D eigenvalue weighted by Gasteiger charge is 2.20. The number of para-hydroxylation sites is 2. The van der Waals surface area contributed by atoms with Gasteiger partial charge in [0.15, 0.2) is 0 Å². The van der Waals surface area contributed by atoms with E-state index in [0.717, 1.165) is 32.7 Å². The lowest BCUT2D eigenvalue weighted by molar-refractivity contribution is 0.672. The number of hydrogen-bond acceptors (Lipinski definition) is 2. The van der Waals surface area contributed by atoms with Gasteiger partial charge < -0.3 is 9.32 Å². The molecule has 0 saturated heterocycles. The van der Waals surface area contributed by atoms with Gasteiger partial charge in [-0.05, 0) is 75.6 Å². The van der Waals surface area contributed by atoms with Gasteiger partial charge in [-0.25, -0.2) is 0 Å². The summed E-state index contributed by atoms with van der Waals surface area (Å²) < 4.78 is 81.1. The Morgan fingerprint density at radius 3 is 1.54 bits per heavy atom. The van der Waals surface area contributed by atoms with Crippen LogP contribution in [0, 0.1) is 0 Å². The standard InChI is InChI=1S/C46H31NO/c1-3-12-32(13-4-1)34-22-26-36(27-23-34)47(37-28-24-35(25-29-37)33-14-5-2-6-15-33)44-20-9-7-16-40(44)38-18-11-19-42-39(38)30-31-43-41-17-8-10-21-45(41)48-46(42)43/h1-31H/i22D,23D,24D,25D,26D,27D,28D,29D. The van der Waals surface area contributed by atoms with Gasteiger partial charge in [0.2, 0.25) is 0 Å². The molecule has 2 nitrogen and oxygen atoms in total. The van der Waals surface area contributed by atoms with Crippen molar-refractivity contribution in [1.29, 1.82) is 0 Å². The van der Waals surface area contributed by atoms with Crippen molar-refractivity contribution in [3.05, 3.63) is 188 Å². The van der Waals surface area contributed by atoms with E-state index >= 15 is 0 Å². The first-order valence-corrected chi connectivity index (χ1v) is 15.7. The number of fused-ring (bicyclic) bond motifs is 5. The molecule has 0 bridgehead atoms. The van der Waals surface area contributed by atoms with Gasteiger partial charge in [-0.2, -0.15) is 0 Å². The van der Waals surface area contributed by atoms with Crippen LogP contribution in [0.1, 0.15) is 11.0 Å². The van der Waals surface area contributed by atoms with Crippen molar-refractivity contribution in [2.24, 2.45) is 0 Å². The van der Waals surface area contributed by atoms with Gasteiger partial charge in [-0.15, -0.1) is 0 Å². The first kappa shape index (κ1) is 20.7. The molecule has 0 aliphatic heterocycles. The Balaban J connectivity index is 1.37. The van der Waals surface area contributed by atoms with E-state index in [1.807, 2.05) is 66.7 Å². The molecule has 0 atom stereocenters. The molecule has 0 unspecified atom stereocenters. The summed E-state index contributed by atoms with van der Waals surface area (Å²) in [5, 5.41) is 3.64. The normalized spacial score (nSPS) is 13.7. The zero-order valence-electron chi connectivity index (χ0n) is 33.6. The van der Waals surface area contributed by atoms with Crippen LogP contribution in [0.4, 0.5) is 17.1 Å². The van der Waals surface area contributed by atoms with E-state index in [-0.39, 0.29) is 46.7 Å². The van der Waals surface area contributed by atoms with Crippen molar-refractivity contribution in [2.45, 2.75) is 0 Å². The van der Waals surface area contributed by atoms with E-state index in [1.165, 1.54) is 4.90 Å². The van der Waals surface area contributed by atoms with Crippen molar-refractivity contribution in [2.75, 3.05) is 4.90 Å². The molecule has 8 aromatic carbocycles. The summed E-state index contributed by atoms with van der Waals surface area (Å²) in [6, 6.07) is 39.7. The molecular formula is C46H31NO. The maximum Gasteiger partial charge on any atom is 0.143 e. The van der Waals surface area contributed by atoms with Crippen LogP contribution >= 0.6 is 0 Å². The third kappa shape index (κ3) is 4.83. The molecule has 0 amide bonds. The fraction of sp³-hybridized carbons (Fsp3) is 0. The smallest absolute Gasteiger partial charge is 0.143 e. The van der Waals surface area contributed by atoms with E-state index in [2.05, 4.69) is 0 Å². The minimum Gasteiger partial charge on any atom is -0.455 e. The number of furan rings is 1. The zero-order chi connectivity index (χ0) is 38.8. The van der Waals surface area contributed by atoms with Crippen molar-refractivity contribution in [3.63, 3.8) is 0 Å². The van der Waals surface area contributed by atoms with Gasteiger partial charge in [-0.3, -0.25) is 0 Å². The van der Waals surface area contributed by atoms with Crippen LogP contribution in [0.3, 0.4) is 0 Å². The molecule has 1 aromatic heterocycles. The van der Waals surface area contributed by atoms with Crippen LogP contribution in [-0.4, -0.2) is 0 Å². The number of anilines is 3. The average Bonchev–Trinajstić information content (AvgIpc) is 3.62. The quantitative estimate of drug-likeness (QED) is 0.184. The van der Waals surface area contributed by atoms with Gasteiger partial charge >= 0.3 is 0 Å². The van der Waals surface area contributed by atoms with Gasteiger partial charge in [0.1, 0.15) is 11.2 Å². The van der Waals surface area contributed by atoms with Crippen LogP contribution in [-0.2, 0) is 0 Å². The number of rotatable bonds is 6. The maximum absolute atomic E-state index is 9.47. The lowest BCUT2D eigenvalue weighted by atomic mass is 9.94. The van der Waals surface area contributed by atoms with E-state index in [4.69, 9.17) is 4.42 Å². The molecule has 0 fully saturated rings. The van der Waals surface area contributed by atoms with Crippen molar-refractivity contribution >= 4 is 49.8 Å². The van der Waals surface area contributed by atoms with Gasteiger partial charge in [0, 0.05) is 33.1 Å². The minimum absolute atomic E-state index is 0.112. The molecule has 0 aliphatic carbocycles.